The van der Waals surface area contributed by atoms with Crippen molar-refractivity contribution in [2.75, 3.05) is 13.1 Å². The quantitative estimate of drug-likeness (QED) is 0.876. The van der Waals surface area contributed by atoms with Gasteiger partial charge in [0, 0.05) is 18.0 Å². The van der Waals surface area contributed by atoms with E-state index in [1.54, 1.807) is 11.3 Å². The van der Waals surface area contributed by atoms with Gasteiger partial charge in [-0.1, -0.05) is 6.07 Å². The molecule has 0 saturated carbocycles. The van der Waals surface area contributed by atoms with E-state index in [-0.39, 0.29) is 5.91 Å². The Morgan fingerprint density at radius 3 is 3.06 bits per heavy atom. The van der Waals surface area contributed by atoms with Crippen molar-refractivity contribution < 1.29 is 9.90 Å². The van der Waals surface area contributed by atoms with Crippen molar-refractivity contribution in [1.29, 1.82) is 0 Å². The molecule has 1 aliphatic rings. The molecular weight excluding hydrogens is 234 g/mol. The van der Waals surface area contributed by atoms with Crippen molar-refractivity contribution >= 4 is 17.2 Å². The second kappa shape index (κ2) is 5.19. The second-order valence-electron chi connectivity index (χ2n) is 4.99. The molecule has 0 radical (unpaired) electrons. The van der Waals surface area contributed by atoms with Crippen molar-refractivity contribution in [3.63, 3.8) is 0 Å². The van der Waals surface area contributed by atoms with E-state index in [1.165, 1.54) is 0 Å². The zero-order valence-electron chi connectivity index (χ0n) is 10.2. The molecule has 4 heteroatoms. The van der Waals surface area contributed by atoms with Crippen LogP contribution < -0.4 is 0 Å². The molecule has 2 heterocycles. The third-order valence-electron chi connectivity index (χ3n) is 3.32. The lowest BCUT2D eigenvalue weighted by Gasteiger charge is -2.22. The van der Waals surface area contributed by atoms with Crippen LogP contribution in [0.25, 0.3) is 0 Å². The zero-order valence-corrected chi connectivity index (χ0v) is 11.0. The summed E-state index contributed by atoms with van der Waals surface area (Å²) >= 11 is 1.62. The molecule has 1 saturated heterocycles. The molecule has 0 spiro atoms. The molecule has 1 fully saturated rings. The number of amides is 1. The molecule has 1 amide bonds. The Labute approximate surface area is 106 Å². The minimum absolute atomic E-state index is 0.185. The maximum Gasteiger partial charge on any atom is 0.227 e. The van der Waals surface area contributed by atoms with E-state index < -0.39 is 5.60 Å². The summed E-state index contributed by atoms with van der Waals surface area (Å²) in [6.45, 7) is 3.32. The highest BCUT2D eigenvalue weighted by Crippen LogP contribution is 2.22. The van der Waals surface area contributed by atoms with Crippen molar-refractivity contribution in [2.45, 2.75) is 38.2 Å². The fourth-order valence-corrected chi connectivity index (χ4v) is 2.88. The molecule has 1 unspecified atom stereocenters. The number of carbonyl (C=O) groups is 1. The van der Waals surface area contributed by atoms with Gasteiger partial charge in [0.05, 0.1) is 12.0 Å². The summed E-state index contributed by atoms with van der Waals surface area (Å²) in [5, 5.41) is 12.0. The zero-order chi connectivity index (χ0) is 12.3. The van der Waals surface area contributed by atoms with Gasteiger partial charge in [-0.15, -0.1) is 11.3 Å². The van der Waals surface area contributed by atoms with Crippen LogP contribution in [0.5, 0.6) is 0 Å². The first kappa shape index (κ1) is 12.6. The first-order valence-electron chi connectivity index (χ1n) is 6.09. The molecule has 1 atom stereocenters. The lowest BCUT2D eigenvalue weighted by atomic mass is 9.98. The number of hydrogen-bond donors (Lipinski definition) is 1. The van der Waals surface area contributed by atoms with Crippen LogP contribution in [0.15, 0.2) is 17.5 Å². The fraction of sp³-hybridized carbons (Fsp3) is 0.615. The Hall–Kier alpha value is -0.870. The number of hydrogen-bond acceptors (Lipinski definition) is 3. The van der Waals surface area contributed by atoms with E-state index in [0.29, 0.717) is 19.4 Å². The maximum absolute atomic E-state index is 12.1. The van der Waals surface area contributed by atoms with Gasteiger partial charge in [0.15, 0.2) is 0 Å². The summed E-state index contributed by atoms with van der Waals surface area (Å²) in [5.74, 6) is 0.185. The van der Waals surface area contributed by atoms with Crippen molar-refractivity contribution in [3.8, 4) is 0 Å². The van der Waals surface area contributed by atoms with Crippen LogP contribution in [-0.4, -0.2) is 34.6 Å². The van der Waals surface area contributed by atoms with Crippen molar-refractivity contribution in [1.82, 2.24) is 4.90 Å². The van der Waals surface area contributed by atoms with Gasteiger partial charge in [0.25, 0.3) is 0 Å². The molecule has 0 aromatic carbocycles. The molecule has 1 aromatic heterocycles. The summed E-state index contributed by atoms with van der Waals surface area (Å²) in [6.07, 6.45) is 2.86. The first-order valence-corrected chi connectivity index (χ1v) is 6.97. The predicted octanol–water partition coefficient (Wildman–Crippen LogP) is 2.05. The normalized spacial score (nSPS) is 25.6. The molecule has 0 aliphatic carbocycles. The third-order valence-corrected chi connectivity index (χ3v) is 4.20. The molecule has 94 valence electrons. The van der Waals surface area contributed by atoms with E-state index >= 15 is 0 Å². The van der Waals surface area contributed by atoms with E-state index in [9.17, 15) is 9.90 Å². The van der Waals surface area contributed by atoms with E-state index in [2.05, 4.69) is 0 Å². The molecule has 17 heavy (non-hydrogen) atoms. The minimum Gasteiger partial charge on any atom is -0.390 e. The van der Waals surface area contributed by atoms with Gasteiger partial charge in [0.2, 0.25) is 5.91 Å². The van der Waals surface area contributed by atoms with Crippen LogP contribution in [0.2, 0.25) is 0 Å². The van der Waals surface area contributed by atoms with Gasteiger partial charge in [-0.2, -0.15) is 0 Å². The highest BCUT2D eigenvalue weighted by molar-refractivity contribution is 7.10. The minimum atomic E-state index is -0.599. The standard InChI is InChI=1S/C13H19NO2S/c1-13(16)5-3-7-14(8-6-13)12(15)10-11-4-2-9-17-11/h2,4,9,16H,3,5-8,10H2,1H3. The number of rotatable bonds is 2. The SMILES string of the molecule is CC1(O)CCCN(C(=O)Cc2cccs2)CC1. The molecule has 3 nitrogen and oxygen atoms in total. The van der Waals surface area contributed by atoms with Crippen molar-refractivity contribution in [3.05, 3.63) is 22.4 Å². The van der Waals surface area contributed by atoms with Gasteiger partial charge < -0.3 is 10.0 Å². The molecular formula is C13H19NO2S. The van der Waals surface area contributed by atoms with Crippen LogP contribution in [0, 0.1) is 0 Å². The number of aliphatic hydroxyl groups is 1. The van der Waals surface area contributed by atoms with Gasteiger partial charge in [-0.3, -0.25) is 4.79 Å². The van der Waals surface area contributed by atoms with E-state index in [1.807, 2.05) is 29.3 Å². The Kier molecular flexibility index (Phi) is 3.84. The average Bonchev–Trinajstić information content (AvgIpc) is 2.68. The second-order valence-corrected chi connectivity index (χ2v) is 6.02. The van der Waals surface area contributed by atoms with E-state index in [0.717, 1.165) is 24.3 Å². The van der Waals surface area contributed by atoms with Crippen LogP contribution in [0.3, 0.4) is 0 Å². The highest BCUT2D eigenvalue weighted by atomic mass is 32.1. The summed E-state index contributed by atoms with van der Waals surface area (Å²) in [5.41, 5.74) is -0.599. The Bertz CT molecular complexity index is 373. The van der Waals surface area contributed by atoms with Gasteiger partial charge in [-0.25, -0.2) is 0 Å². The molecule has 1 N–H and O–H groups in total. The molecule has 2 rings (SSSR count). The predicted molar refractivity (Wildman–Crippen MR) is 69.1 cm³/mol. The lowest BCUT2D eigenvalue weighted by molar-refractivity contribution is -0.130. The Balaban J connectivity index is 1.91. The van der Waals surface area contributed by atoms with E-state index in [4.69, 9.17) is 0 Å². The Morgan fingerprint density at radius 1 is 1.53 bits per heavy atom. The van der Waals surface area contributed by atoms with Crippen LogP contribution >= 0.6 is 11.3 Å². The molecule has 0 bridgehead atoms. The Morgan fingerprint density at radius 2 is 2.35 bits per heavy atom. The molecule has 1 aromatic rings. The maximum atomic E-state index is 12.1. The molecule has 1 aliphatic heterocycles. The smallest absolute Gasteiger partial charge is 0.227 e. The third kappa shape index (κ3) is 3.54. The average molecular weight is 253 g/mol. The summed E-state index contributed by atoms with van der Waals surface area (Å²) < 4.78 is 0. The fourth-order valence-electron chi connectivity index (χ4n) is 2.19. The summed E-state index contributed by atoms with van der Waals surface area (Å²) in [7, 11) is 0. The number of nitrogens with zero attached hydrogens (tertiary/aromatic N) is 1. The van der Waals surface area contributed by atoms with Crippen LogP contribution in [-0.2, 0) is 11.2 Å². The lowest BCUT2D eigenvalue weighted by Crippen LogP contribution is -2.34. The van der Waals surface area contributed by atoms with Crippen molar-refractivity contribution in [2.24, 2.45) is 0 Å². The number of carbonyl (C=O) groups excluding carboxylic acids is 1. The first-order chi connectivity index (χ1) is 8.07. The van der Waals surface area contributed by atoms with Crippen LogP contribution in [0.1, 0.15) is 31.1 Å². The number of likely N-dealkylation sites (tertiary alicyclic amines) is 1. The van der Waals surface area contributed by atoms with Gasteiger partial charge in [-0.05, 0) is 37.6 Å². The van der Waals surface area contributed by atoms with Gasteiger partial charge >= 0.3 is 0 Å². The summed E-state index contributed by atoms with van der Waals surface area (Å²) in [4.78, 5) is 15.1. The van der Waals surface area contributed by atoms with Crippen LogP contribution in [0.4, 0.5) is 0 Å². The topological polar surface area (TPSA) is 40.5 Å². The number of thiophene rings is 1. The largest absolute Gasteiger partial charge is 0.390 e. The monoisotopic (exact) mass is 253 g/mol. The summed E-state index contributed by atoms with van der Waals surface area (Å²) in [6, 6.07) is 3.97. The van der Waals surface area contributed by atoms with Gasteiger partial charge in [0.1, 0.15) is 0 Å². The highest BCUT2D eigenvalue weighted by Gasteiger charge is 2.26.